The summed E-state index contributed by atoms with van der Waals surface area (Å²) in [4.78, 5) is 2.37. The molecule has 0 spiro atoms. The second kappa shape index (κ2) is 6.69. The van der Waals surface area contributed by atoms with E-state index in [1.165, 1.54) is 18.9 Å². The molecule has 1 aliphatic carbocycles. The average Bonchev–Trinajstić information content (AvgIpc) is 3.20. The molecule has 0 aromatic heterocycles. The molecule has 0 bridgehead atoms. The van der Waals surface area contributed by atoms with Gasteiger partial charge in [0, 0.05) is 23.2 Å². The first-order chi connectivity index (χ1) is 9.17. The second-order valence-electron chi connectivity index (χ2n) is 5.24. The fourth-order valence-electron chi connectivity index (χ4n) is 2.55. The van der Waals surface area contributed by atoms with Gasteiger partial charge in [0.15, 0.2) is 0 Å². The average molecular weight is 285 g/mol. The van der Waals surface area contributed by atoms with E-state index in [1.54, 1.807) is 12.1 Å². The van der Waals surface area contributed by atoms with E-state index in [-0.39, 0.29) is 11.9 Å². The molecule has 4 heteroatoms. The zero-order chi connectivity index (χ0) is 13.8. The van der Waals surface area contributed by atoms with Crippen molar-refractivity contribution in [3.05, 3.63) is 34.6 Å². The molecule has 1 aromatic rings. The summed E-state index contributed by atoms with van der Waals surface area (Å²) in [7, 11) is 0. The molecule has 1 unspecified atom stereocenters. The summed E-state index contributed by atoms with van der Waals surface area (Å²) in [5, 5.41) is 0.434. The van der Waals surface area contributed by atoms with E-state index in [1.807, 2.05) is 0 Å². The third-order valence-corrected chi connectivity index (χ3v) is 3.97. The molecule has 19 heavy (non-hydrogen) atoms. The van der Waals surface area contributed by atoms with E-state index >= 15 is 0 Å². The number of rotatable bonds is 7. The minimum absolute atomic E-state index is 0.0312. The lowest BCUT2D eigenvalue weighted by atomic mass is 10.0. The van der Waals surface area contributed by atoms with Gasteiger partial charge in [-0.1, -0.05) is 31.0 Å². The summed E-state index contributed by atoms with van der Waals surface area (Å²) in [6.07, 6.45) is 4.68. The highest BCUT2D eigenvalue weighted by Crippen LogP contribution is 2.35. The van der Waals surface area contributed by atoms with Crippen LogP contribution in [-0.2, 0) is 0 Å². The molecule has 0 aliphatic heterocycles. The Morgan fingerprint density at radius 1 is 1.47 bits per heavy atom. The molecule has 1 fully saturated rings. The van der Waals surface area contributed by atoms with Crippen molar-refractivity contribution in [3.63, 3.8) is 0 Å². The first-order valence-corrected chi connectivity index (χ1v) is 7.46. The second-order valence-corrected chi connectivity index (χ2v) is 5.68. The van der Waals surface area contributed by atoms with Crippen molar-refractivity contribution in [2.24, 2.45) is 5.73 Å². The predicted octanol–water partition coefficient (Wildman–Crippen LogP) is 3.74. The maximum absolute atomic E-state index is 14.1. The zero-order valence-corrected chi connectivity index (χ0v) is 12.2. The molecule has 106 valence electrons. The predicted molar refractivity (Wildman–Crippen MR) is 77.8 cm³/mol. The number of hydrogen-bond donors (Lipinski definition) is 1. The first kappa shape index (κ1) is 14.8. The quantitative estimate of drug-likeness (QED) is 0.826. The Labute approximate surface area is 119 Å². The lowest BCUT2D eigenvalue weighted by Crippen LogP contribution is -2.36. The zero-order valence-electron chi connectivity index (χ0n) is 11.4. The van der Waals surface area contributed by atoms with Crippen LogP contribution in [0.15, 0.2) is 18.2 Å². The van der Waals surface area contributed by atoms with Crippen LogP contribution in [0.25, 0.3) is 0 Å². The molecule has 1 saturated carbocycles. The third-order valence-electron chi connectivity index (χ3n) is 3.73. The van der Waals surface area contributed by atoms with E-state index in [9.17, 15) is 4.39 Å². The summed E-state index contributed by atoms with van der Waals surface area (Å²) >= 11 is 5.82. The van der Waals surface area contributed by atoms with Crippen molar-refractivity contribution in [2.75, 3.05) is 13.1 Å². The number of halogens is 2. The normalized spacial score (nSPS) is 16.9. The Balaban J connectivity index is 2.20. The smallest absolute Gasteiger partial charge is 0.129 e. The minimum atomic E-state index is -0.245. The highest BCUT2D eigenvalue weighted by molar-refractivity contribution is 6.30. The van der Waals surface area contributed by atoms with Gasteiger partial charge in [0.1, 0.15) is 5.82 Å². The Bertz CT molecular complexity index is 421. The first-order valence-electron chi connectivity index (χ1n) is 7.08. The number of benzene rings is 1. The highest BCUT2D eigenvalue weighted by Gasteiger charge is 2.34. The van der Waals surface area contributed by atoms with Gasteiger partial charge >= 0.3 is 0 Å². The fraction of sp³-hybridized carbons (Fsp3) is 0.600. The molecule has 0 heterocycles. The summed E-state index contributed by atoms with van der Waals surface area (Å²) in [6.45, 7) is 3.61. The van der Waals surface area contributed by atoms with Gasteiger partial charge in [-0.25, -0.2) is 4.39 Å². The molecule has 2 nitrogen and oxygen atoms in total. The molecule has 1 atom stereocenters. The third kappa shape index (κ3) is 3.68. The SMILES string of the molecule is CCCCN(C1CC1)C(CN)c1ccc(Cl)cc1F. The van der Waals surface area contributed by atoms with E-state index in [2.05, 4.69) is 11.8 Å². The van der Waals surface area contributed by atoms with Crippen LogP contribution in [0.1, 0.15) is 44.2 Å². The van der Waals surface area contributed by atoms with Crippen LogP contribution in [0.2, 0.25) is 5.02 Å². The Morgan fingerprint density at radius 3 is 2.74 bits per heavy atom. The Hall–Kier alpha value is -0.640. The van der Waals surface area contributed by atoms with Crippen molar-refractivity contribution in [1.82, 2.24) is 4.90 Å². The van der Waals surface area contributed by atoms with E-state index in [0.717, 1.165) is 19.4 Å². The van der Waals surface area contributed by atoms with Crippen LogP contribution in [0.3, 0.4) is 0 Å². The van der Waals surface area contributed by atoms with Gasteiger partial charge in [0.25, 0.3) is 0 Å². The number of nitrogens with zero attached hydrogens (tertiary/aromatic N) is 1. The topological polar surface area (TPSA) is 29.3 Å². The molecule has 2 N–H and O–H groups in total. The van der Waals surface area contributed by atoms with Gasteiger partial charge in [-0.3, -0.25) is 4.90 Å². The summed E-state index contributed by atoms with van der Waals surface area (Å²) in [5.74, 6) is -0.245. The lowest BCUT2D eigenvalue weighted by Gasteiger charge is -2.31. The molecule has 0 radical (unpaired) electrons. The van der Waals surface area contributed by atoms with Crippen molar-refractivity contribution in [1.29, 1.82) is 0 Å². The monoisotopic (exact) mass is 284 g/mol. The number of unbranched alkanes of at least 4 members (excludes halogenated alkanes) is 1. The Morgan fingerprint density at radius 2 is 2.21 bits per heavy atom. The van der Waals surface area contributed by atoms with Crippen molar-refractivity contribution >= 4 is 11.6 Å². The maximum atomic E-state index is 14.1. The molecular weight excluding hydrogens is 263 g/mol. The molecular formula is C15H22ClFN2. The number of nitrogens with two attached hydrogens (primary N) is 1. The van der Waals surface area contributed by atoms with Crippen LogP contribution in [-0.4, -0.2) is 24.0 Å². The van der Waals surface area contributed by atoms with Crippen LogP contribution in [0.5, 0.6) is 0 Å². The van der Waals surface area contributed by atoms with Gasteiger partial charge < -0.3 is 5.73 Å². The summed E-state index contributed by atoms with van der Waals surface area (Å²) in [6, 6.07) is 5.44. The summed E-state index contributed by atoms with van der Waals surface area (Å²) < 4.78 is 14.1. The van der Waals surface area contributed by atoms with E-state index in [4.69, 9.17) is 17.3 Å². The van der Waals surface area contributed by atoms with Crippen molar-refractivity contribution in [3.8, 4) is 0 Å². The van der Waals surface area contributed by atoms with Crippen LogP contribution in [0, 0.1) is 5.82 Å². The maximum Gasteiger partial charge on any atom is 0.129 e. The van der Waals surface area contributed by atoms with Crippen LogP contribution < -0.4 is 5.73 Å². The van der Waals surface area contributed by atoms with Gasteiger partial charge in [0.2, 0.25) is 0 Å². The fourth-order valence-corrected chi connectivity index (χ4v) is 2.71. The van der Waals surface area contributed by atoms with Crippen LogP contribution in [0.4, 0.5) is 4.39 Å². The van der Waals surface area contributed by atoms with Crippen molar-refractivity contribution in [2.45, 2.75) is 44.7 Å². The molecule has 1 aromatic carbocycles. The number of hydrogen-bond acceptors (Lipinski definition) is 2. The minimum Gasteiger partial charge on any atom is -0.329 e. The van der Waals surface area contributed by atoms with Gasteiger partial charge in [-0.2, -0.15) is 0 Å². The molecule has 2 rings (SSSR count). The van der Waals surface area contributed by atoms with Gasteiger partial charge in [-0.15, -0.1) is 0 Å². The standard InChI is InChI=1S/C15H22ClFN2/c1-2-3-8-19(12-5-6-12)15(10-18)13-7-4-11(16)9-14(13)17/h4,7,9,12,15H,2-3,5-6,8,10,18H2,1H3. The molecule has 0 saturated heterocycles. The van der Waals surface area contributed by atoms with E-state index in [0.29, 0.717) is 23.2 Å². The van der Waals surface area contributed by atoms with E-state index < -0.39 is 0 Å². The largest absolute Gasteiger partial charge is 0.329 e. The van der Waals surface area contributed by atoms with Gasteiger partial charge in [0.05, 0.1) is 6.04 Å². The molecule has 0 amide bonds. The lowest BCUT2D eigenvalue weighted by molar-refractivity contribution is 0.184. The Kier molecular flexibility index (Phi) is 5.20. The van der Waals surface area contributed by atoms with Gasteiger partial charge in [-0.05, 0) is 37.9 Å². The summed E-state index contributed by atoms with van der Waals surface area (Å²) in [5.41, 5.74) is 6.58. The molecule has 1 aliphatic rings. The van der Waals surface area contributed by atoms with Crippen LogP contribution >= 0.6 is 11.6 Å². The highest BCUT2D eigenvalue weighted by atomic mass is 35.5. The van der Waals surface area contributed by atoms with Crippen molar-refractivity contribution < 1.29 is 4.39 Å².